The van der Waals surface area contributed by atoms with E-state index in [4.69, 9.17) is 9.47 Å². The zero-order valence-corrected chi connectivity index (χ0v) is 15.9. The number of hydrogen-bond donors (Lipinski definition) is 0. The van der Waals surface area contributed by atoms with Crippen LogP contribution in [0.1, 0.15) is 5.56 Å². The minimum absolute atomic E-state index is 0.00715. The quantitative estimate of drug-likeness (QED) is 0.295. The average molecular weight is 353 g/mol. The molecule has 0 spiro atoms. The molecule has 1 aromatic rings. The van der Waals surface area contributed by atoms with Crippen LogP contribution in [0.25, 0.3) is 0 Å². The Morgan fingerprint density at radius 3 is 2.38 bits per heavy atom. The lowest BCUT2D eigenvalue weighted by Crippen LogP contribution is -2.38. The Labute approximate surface area is 144 Å². The van der Waals surface area contributed by atoms with E-state index in [1.807, 2.05) is 30.3 Å². The molecular weight excluding hydrogens is 326 g/mol. The van der Waals surface area contributed by atoms with Crippen LogP contribution < -0.4 is 0 Å². The normalized spacial score (nSPS) is 11.0. The second kappa shape index (κ2) is 10.1. The van der Waals surface area contributed by atoms with Crippen LogP contribution in [-0.2, 0) is 25.6 Å². The van der Waals surface area contributed by atoms with Crippen molar-refractivity contribution < 1.29 is 23.8 Å². The number of nitrogens with zero attached hydrogens (tertiary/aromatic N) is 1. The first-order valence-corrected chi connectivity index (χ1v) is 11.6. The molecule has 0 aliphatic carbocycles. The molecule has 0 aromatic heterocycles. The number of ether oxygens (including phenoxy) is 3. The van der Waals surface area contributed by atoms with Crippen LogP contribution in [0.5, 0.6) is 0 Å². The fraction of sp³-hybridized carbons (Fsp3) is 0.529. The SMILES string of the molecule is COC(=O)CN(COCC[Si](C)(C)C)C(=O)OCc1ccccc1. The highest BCUT2D eigenvalue weighted by molar-refractivity contribution is 6.76. The maximum Gasteiger partial charge on any atom is 0.412 e. The van der Waals surface area contributed by atoms with E-state index >= 15 is 0 Å². The van der Waals surface area contributed by atoms with E-state index in [1.54, 1.807) is 0 Å². The molecular formula is C17H27NO5Si. The molecule has 134 valence electrons. The maximum absolute atomic E-state index is 12.2. The molecule has 0 saturated heterocycles. The second-order valence-electron chi connectivity index (χ2n) is 6.66. The summed E-state index contributed by atoms with van der Waals surface area (Å²) in [6.07, 6.45) is -0.600. The van der Waals surface area contributed by atoms with Crippen LogP contribution >= 0.6 is 0 Å². The first-order chi connectivity index (χ1) is 11.3. The second-order valence-corrected chi connectivity index (χ2v) is 12.3. The number of carbonyl (C=O) groups is 2. The van der Waals surface area contributed by atoms with Gasteiger partial charge in [0.15, 0.2) is 0 Å². The van der Waals surface area contributed by atoms with Gasteiger partial charge in [0.25, 0.3) is 0 Å². The summed E-state index contributed by atoms with van der Waals surface area (Å²) in [7, 11) is 0.0737. The van der Waals surface area contributed by atoms with E-state index < -0.39 is 20.1 Å². The van der Waals surface area contributed by atoms with Gasteiger partial charge in [0.05, 0.1) is 7.11 Å². The number of esters is 1. The van der Waals surface area contributed by atoms with Crippen LogP contribution in [-0.4, -0.2) is 52.0 Å². The van der Waals surface area contributed by atoms with Gasteiger partial charge in [-0.05, 0) is 11.6 Å². The summed E-state index contributed by atoms with van der Waals surface area (Å²) in [4.78, 5) is 24.9. The van der Waals surface area contributed by atoms with E-state index in [0.29, 0.717) is 6.61 Å². The van der Waals surface area contributed by atoms with E-state index in [-0.39, 0.29) is 19.9 Å². The van der Waals surface area contributed by atoms with E-state index in [0.717, 1.165) is 11.6 Å². The Balaban J connectivity index is 2.50. The molecule has 0 aliphatic heterocycles. The molecule has 0 heterocycles. The van der Waals surface area contributed by atoms with Gasteiger partial charge in [0.2, 0.25) is 0 Å². The molecule has 0 saturated carbocycles. The summed E-state index contributed by atoms with van der Waals surface area (Å²) < 4.78 is 15.4. The van der Waals surface area contributed by atoms with Crippen LogP contribution in [0.15, 0.2) is 30.3 Å². The summed E-state index contributed by atoms with van der Waals surface area (Å²) in [5.74, 6) is -0.513. The average Bonchev–Trinajstić information content (AvgIpc) is 2.55. The Hall–Kier alpha value is -1.86. The molecule has 0 fully saturated rings. The van der Waals surface area contributed by atoms with Crippen molar-refractivity contribution in [3.05, 3.63) is 35.9 Å². The van der Waals surface area contributed by atoms with Crippen molar-refractivity contribution in [2.24, 2.45) is 0 Å². The molecule has 1 aromatic carbocycles. The highest BCUT2D eigenvalue weighted by atomic mass is 28.3. The van der Waals surface area contributed by atoms with E-state index in [1.165, 1.54) is 12.0 Å². The minimum Gasteiger partial charge on any atom is -0.468 e. The Bertz CT molecular complexity index is 515. The van der Waals surface area contributed by atoms with Crippen molar-refractivity contribution in [2.45, 2.75) is 32.3 Å². The topological polar surface area (TPSA) is 65.1 Å². The fourth-order valence-corrected chi connectivity index (χ4v) is 2.50. The van der Waals surface area contributed by atoms with Gasteiger partial charge in [0, 0.05) is 14.7 Å². The fourth-order valence-electron chi connectivity index (χ4n) is 1.75. The Kier molecular flexibility index (Phi) is 8.49. The summed E-state index contributed by atoms with van der Waals surface area (Å²) in [5, 5.41) is 0. The number of amides is 1. The zero-order valence-electron chi connectivity index (χ0n) is 14.9. The predicted octanol–water partition coefficient (Wildman–Crippen LogP) is 3.11. The van der Waals surface area contributed by atoms with Crippen molar-refractivity contribution in [1.29, 1.82) is 0 Å². The molecule has 0 aliphatic rings. The van der Waals surface area contributed by atoms with Crippen molar-refractivity contribution in [3.8, 4) is 0 Å². The lowest BCUT2D eigenvalue weighted by Gasteiger charge is -2.22. The molecule has 0 unspecified atom stereocenters. The van der Waals surface area contributed by atoms with Gasteiger partial charge in [-0.15, -0.1) is 0 Å². The minimum atomic E-state index is -1.21. The van der Waals surface area contributed by atoms with Crippen LogP contribution in [0.4, 0.5) is 4.79 Å². The van der Waals surface area contributed by atoms with Crippen molar-refractivity contribution >= 4 is 20.1 Å². The molecule has 7 heteroatoms. The third kappa shape index (κ3) is 8.69. The number of carbonyl (C=O) groups excluding carboxylic acids is 2. The zero-order chi connectivity index (χ0) is 18.0. The summed E-state index contributed by atoms with van der Waals surface area (Å²) >= 11 is 0. The van der Waals surface area contributed by atoms with Crippen molar-refractivity contribution in [2.75, 3.05) is 27.0 Å². The molecule has 1 rings (SSSR count). The van der Waals surface area contributed by atoms with Crippen LogP contribution in [0.2, 0.25) is 25.7 Å². The summed E-state index contributed by atoms with van der Waals surface area (Å²) in [5.41, 5.74) is 0.878. The first-order valence-electron chi connectivity index (χ1n) is 7.92. The van der Waals surface area contributed by atoms with Gasteiger partial charge in [-0.3, -0.25) is 9.69 Å². The van der Waals surface area contributed by atoms with Gasteiger partial charge >= 0.3 is 12.1 Å². The maximum atomic E-state index is 12.2. The number of benzene rings is 1. The smallest absolute Gasteiger partial charge is 0.412 e. The monoisotopic (exact) mass is 353 g/mol. The van der Waals surface area contributed by atoms with Crippen LogP contribution in [0.3, 0.4) is 0 Å². The van der Waals surface area contributed by atoms with Gasteiger partial charge in [0.1, 0.15) is 19.9 Å². The van der Waals surface area contributed by atoms with Gasteiger partial charge in [-0.1, -0.05) is 50.0 Å². The summed E-state index contributed by atoms with van der Waals surface area (Å²) in [6, 6.07) is 10.3. The molecule has 24 heavy (non-hydrogen) atoms. The Morgan fingerprint density at radius 1 is 1.12 bits per heavy atom. The molecule has 0 bridgehead atoms. The first kappa shape index (κ1) is 20.2. The van der Waals surface area contributed by atoms with Crippen molar-refractivity contribution in [1.82, 2.24) is 4.90 Å². The molecule has 0 radical (unpaired) electrons. The standard InChI is InChI=1S/C17H27NO5Si/c1-21-16(19)12-18(14-22-10-11-24(2,3)4)17(20)23-13-15-8-6-5-7-9-15/h5-9H,10-14H2,1-4H3. The van der Waals surface area contributed by atoms with Gasteiger partial charge < -0.3 is 14.2 Å². The number of rotatable bonds is 9. The molecule has 6 nitrogen and oxygen atoms in total. The van der Waals surface area contributed by atoms with E-state index in [9.17, 15) is 9.59 Å². The van der Waals surface area contributed by atoms with Gasteiger partial charge in [-0.25, -0.2) is 4.79 Å². The number of hydrogen-bond acceptors (Lipinski definition) is 5. The third-order valence-corrected chi connectivity index (χ3v) is 4.96. The molecule has 0 N–H and O–H groups in total. The summed E-state index contributed by atoms with van der Waals surface area (Å²) in [6.45, 7) is 7.25. The molecule has 0 atom stereocenters. The highest BCUT2D eigenvalue weighted by Gasteiger charge is 2.20. The van der Waals surface area contributed by atoms with Gasteiger partial charge in [-0.2, -0.15) is 0 Å². The lowest BCUT2D eigenvalue weighted by molar-refractivity contribution is -0.142. The third-order valence-electron chi connectivity index (χ3n) is 3.25. The predicted molar refractivity (Wildman–Crippen MR) is 94.3 cm³/mol. The largest absolute Gasteiger partial charge is 0.468 e. The van der Waals surface area contributed by atoms with E-state index in [2.05, 4.69) is 24.4 Å². The lowest BCUT2D eigenvalue weighted by atomic mass is 10.2. The van der Waals surface area contributed by atoms with Crippen LogP contribution in [0, 0.1) is 0 Å². The van der Waals surface area contributed by atoms with Crippen molar-refractivity contribution in [3.63, 3.8) is 0 Å². The Morgan fingerprint density at radius 2 is 1.79 bits per heavy atom. The number of methoxy groups -OCH3 is 1. The molecule has 1 amide bonds. The highest BCUT2D eigenvalue weighted by Crippen LogP contribution is 2.08.